The number of para-hydroxylation sites is 1. The van der Waals surface area contributed by atoms with Gasteiger partial charge in [0.15, 0.2) is 0 Å². The summed E-state index contributed by atoms with van der Waals surface area (Å²) in [5.74, 6) is 0.263. The van der Waals surface area contributed by atoms with Crippen molar-refractivity contribution >= 4 is 11.8 Å². The zero-order valence-corrected chi connectivity index (χ0v) is 18.0. The van der Waals surface area contributed by atoms with Crippen LogP contribution in [0.2, 0.25) is 0 Å². The van der Waals surface area contributed by atoms with E-state index < -0.39 is 0 Å². The number of amides is 2. The third-order valence-corrected chi connectivity index (χ3v) is 6.23. The van der Waals surface area contributed by atoms with Gasteiger partial charge in [-0.25, -0.2) is 4.68 Å². The second-order valence-corrected chi connectivity index (χ2v) is 8.30. The van der Waals surface area contributed by atoms with Crippen LogP contribution in [0, 0.1) is 13.8 Å². The Morgan fingerprint density at radius 2 is 1.53 bits per heavy atom. The second-order valence-electron chi connectivity index (χ2n) is 8.30. The number of piperidine rings is 1. The third kappa shape index (κ3) is 4.26. The van der Waals surface area contributed by atoms with Crippen molar-refractivity contribution in [3.8, 4) is 5.69 Å². The Hall–Kier alpha value is -2.67. The fourth-order valence-electron chi connectivity index (χ4n) is 4.47. The van der Waals surface area contributed by atoms with Gasteiger partial charge in [-0.05, 0) is 45.2 Å². The molecule has 0 N–H and O–H groups in total. The molecule has 1 aromatic heterocycles. The highest BCUT2D eigenvalue weighted by atomic mass is 16.2. The van der Waals surface area contributed by atoms with E-state index in [1.807, 2.05) is 58.7 Å². The van der Waals surface area contributed by atoms with E-state index in [-0.39, 0.29) is 11.8 Å². The van der Waals surface area contributed by atoms with Crippen LogP contribution in [-0.4, -0.2) is 82.1 Å². The summed E-state index contributed by atoms with van der Waals surface area (Å²) in [6.45, 7) is 8.84. The van der Waals surface area contributed by atoms with Gasteiger partial charge in [-0.1, -0.05) is 18.2 Å². The largest absolute Gasteiger partial charge is 0.342 e. The van der Waals surface area contributed by atoms with E-state index in [4.69, 9.17) is 0 Å². The lowest BCUT2D eigenvalue weighted by atomic mass is 10.1. The molecule has 2 fully saturated rings. The fraction of sp³-hybridized carbons (Fsp3) is 0.522. The van der Waals surface area contributed by atoms with Gasteiger partial charge in [0.25, 0.3) is 5.91 Å². The first-order chi connectivity index (χ1) is 14.5. The van der Waals surface area contributed by atoms with Crippen molar-refractivity contribution in [1.29, 1.82) is 0 Å². The predicted octanol–water partition coefficient (Wildman–Crippen LogP) is 2.26. The lowest BCUT2D eigenvalue weighted by molar-refractivity contribution is -0.133. The van der Waals surface area contributed by atoms with E-state index in [1.54, 1.807) is 0 Å². The third-order valence-electron chi connectivity index (χ3n) is 6.23. The Morgan fingerprint density at radius 1 is 0.867 bits per heavy atom. The number of aryl methyl sites for hydroxylation is 1. The molecule has 3 heterocycles. The van der Waals surface area contributed by atoms with Crippen LogP contribution in [0.3, 0.4) is 0 Å². The van der Waals surface area contributed by atoms with Gasteiger partial charge in [0.2, 0.25) is 5.91 Å². The molecule has 160 valence electrons. The molecule has 0 spiro atoms. The minimum absolute atomic E-state index is 0.0363. The maximum Gasteiger partial charge on any atom is 0.257 e. The van der Waals surface area contributed by atoms with E-state index >= 15 is 0 Å². The standard InChI is InChI=1S/C23H31N5O2/c1-18-22(19(2)28(24-18)20-9-5-3-6-10-20)23(30)27-15-13-25(14-16-27)17-21(29)26-11-7-4-8-12-26/h3,5-6,9-10H,4,7-8,11-17H2,1-2H3. The number of hydrogen-bond acceptors (Lipinski definition) is 4. The molecule has 0 unspecified atom stereocenters. The second kappa shape index (κ2) is 9.00. The lowest BCUT2D eigenvalue weighted by Gasteiger charge is -2.36. The highest BCUT2D eigenvalue weighted by Gasteiger charge is 2.28. The van der Waals surface area contributed by atoms with Crippen LogP contribution in [0.25, 0.3) is 5.69 Å². The van der Waals surface area contributed by atoms with E-state index in [1.165, 1.54) is 6.42 Å². The summed E-state index contributed by atoms with van der Waals surface area (Å²) in [4.78, 5) is 31.8. The molecule has 4 rings (SSSR count). The molecule has 0 bridgehead atoms. The highest BCUT2D eigenvalue weighted by Crippen LogP contribution is 2.20. The van der Waals surface area contributed by atoms with Gasteiger partial charge >= 0.3 is 0 Å². The van der Waals surface area contributed by atoms with Gasteiger partial charge in [0.05, 0.1) is 29.2 Å². The van der Waals surface area contributed by atoms with Crippen LogP contribution < -0.4 is 0 Å². The molecule has 0 saturated carbocycles. The van der Waals surface area contributed by atoms with Gasteiger partial charge in [-0.15, -0.1) is 0 Å². The first kappa shape index (κ1) is 20.6. The summed E-state index contributed by atoms with van der Waals surface area (Å²) in [5.41, 5.74) is 3.27. The van der Waals surface area contributed by atoms with Crippen molar-refractivity contribution in [3.63, 3.8) is 0 Å². The number of benzene rings is 1. The summed E-state index contributed by atoms with van der Waals surface area (Å²) in [6.07, 6.45) is 3.46. The monoisotopic (exact) mass is 409 g/mol. The van der Waals surface area contributed by atoms with Crippen LogP contribution in [0.1, 0.15) is 41.0 Å². The molecule has 0 atom stereocenters. The molecule has 2 saturated heterocycles. The minimum Gasteiger partial charge on any atom is -0.342 e. The Labute approximate surface area is 178 Å². The van der Waals surface area contributed by atoms with Gasteiger partial charge in [-0.3, -0.25) is 14.5 Å². The van der Waals surface area contributed by atoms with E-state index in [0.29, 0.717) is 25.2 Å². The summed E-state index contributed by atoms with van der Waals surface area (Å²) in [5, 5.41) is 4.61. The normalized spacial score (nSPS) is 17.9. The number of aromatic nitrogens is 2. The summed E-state index contributed by atoms with van der Waals surface area (Å²) >= 11 is 0. The van der Waals surface area contributed by atoms with Crippen molar-refractivity contribution in [2.24, 2.45) is 0 Å². The summed E-state index contributed by atoms with van der Waals surface area (Å²) in [7, 11) is 0. The van der Waals surface area contributed by atoms with Crippen LogP contribution in [0.5, 0.6) is 0 Å². The molecule has 30 heavy (non-hydrogen) atoms. The van der Waals surface area contributed by atoms with Crippen LogP contribution in [-0.2, 0) is 4.79 Å². The Morgan fingerprint density at radius 3 is 2.20 bits per heavy atom. The van der Waals surface area contributed by atoms with Crippen molar-refractivity contribution in [3.05, 3.63) is 47.3 Å². The quantitative estimate of drug-likeness (QED) is 0.777. The Balaban J connectivity index is 1.38. The van der Waals surface area contributed by atoms with Crippen molar-refractivity contribution in [2.75, 3.05) is 45.8 Å². The maximum atomic E-state index is 13.2. The predicted molar refractivity (Wildman–Crippen MR) is 116 cm³/mol. The number of rotatable bonds is 4. The number of carbonyl (C=O) groups is 2. The van der Waals surface area contributed by atoms with Gasteiger partial charge in [-0.2, -0.15) is 5.10 Å². The summed E-state index contributed by atoms with van der Waals surface area (Å²) in [6, 6.07) is 9.89. The lowest BCUT2D eigenvalue weighted by Crippen LogP contribution is -2.52. The zero-order chi connectivity index (χ0) is 21.1. The number of likely N-dealkylation sites (tertiary alicyclic amines) is 1. The summed E-state index contributed by atoms with van der Waals surface area (Å²) < 4.78 is 1.84. The average Bonchev–Trinajstić information content (AvgIpc) is 3.09. The van der Waals surface area contributed by atoms with Crippen LogP contribution in [0.4, 0.5) is 0 Å². The number of nitrogens with zero attached hydrogens (tertiary/aromatic N) is 5. The SMILES string of the molecule is Cc1nn(-c2ccccc2)c(C)c1C(=O)N1CCN(CC(=O)N2CCCCC2)CC1. The van der Waals surface area contributed by atoms with Crippen LogP contribution >= 0.6 is 0 Å². The first-order valence-corrected chi connectivity index (χ1v) is 11.0. The smallest absolute Gasteiger partial charge is 0.257 e. The Kier molecular flexibility index (Phi) is 6.18. The van der Waals surface area contributed by atoms with Crippen LogP contribution in [0.15, 0.2) is 30.3 Å². The molecular formula is C23H31N5O2. The van der Waals surface area contributed by atoms with Crippen molar-refractivity contribution in [2.45, 2.75) is 33.1 Å². The topological polar surface area (TPSA) is 61.7 Å². The van der Waals surface area contributed by atoms with Crippen molar-refractivity contribution < 1.29 is 9.59 Å². The molecular weight excluding hydrogens is 378 g/mol. The van der Waals surface area contributed by atoms with E-state index in [9.17, 15) is 9.59 Å². The van der Waals surface area contributed by atoms with Gasteiger partial charge in [0, 0.05) is 39.3 Å². The highest BCUT2D eigenvalue weighted by molar-refractivity contribution is 5.96. The van der Waals surface area contributed by atoms with Crippen molar-refractivity contribution in [1.82, 2.24) is 24.5 Å². The molecule has 2 aliphatic rings. The number of piperazine rings is 1. The average molecular weight is 410 g/mol. The molecule has 7 nitrogen and oxygen atoms in total. The molecule has 7 heteroatoms. The first-order valence-electron chi connectivity index (χ1n) is 11.0. The fourth-order valence-corrected chi connectivity index (χ4v) is 4.47. The molecule has 2 amide bonds. The minimum atomic E-state index is 0.0363. The van der Waals surface area contributed by atoms with E-state index in [0.717, 1.165) is 56.1 Å². The Bertz CT molecular complexity index is 894. The molecule has 0 radical (unpaired) electrons. The maximum absolute atomic E-state index is 13.2. The molecule has 0 aliphatic carbocycles. The zero-order valence-electron chi connectivity index (χ0n) is 18.0. The van der Waals surface area contributed by atoms with Gasteiger partial charge in [0.1, 0.15) is 0 Å². The molecule has 2 aromatic rings. The number of hydrogen-bond donors (Lipinski definition) is 0. The van der Waals surface area contributed by atoms with E-state index in [2.05, 4.69) is 10.00 Å². The molecule has 1 aromatic carbocycles. The van der Waals surface area contributed by atoms with Gasteiger partial charge < -0.3 is 9.80 Å². The number of carbonyl (C=O) groups excluding carboxylic acids is 2. The molecule has 2 aliphatic heterocycles.